The Labute approximate surface area is 161 Å². The molecule has 0 saturated heterocycles. The molecule has 1 aromatic carbocycles. The highest BCUT2D eigenvalue weighted by molar-refractivity contribution is 5.77. The molecule has 0 spiro atoms. The van der Waals surface area contributed by atoms with Gasteiger partial charge in [0.05, 0.1) is 30.8 Å². The van der Waals surface area contributed by atoms with Crippen molar-refractivity contribution in [2.45, 2.75) is 65.5 Å². The summed E-state index contributed by atoms with van der Waals surface area (Å²) in [5, 5.41) is 16.5. The van der Waals surface area contributed by atoms with E-state index in [0.29, 0.717) is 31.7 Å². The van der Waals surface area contributed by atoms with Crippen LogP contribution in [0.1, 0.15) is 59.8 Å². The number of amides is 1. The molecule has 1 fully saturated rings. The topological polar surface area (TPSA) is 70.7 Å². The number of nitrogens with zero attached hydrogens (tertiary/aromatic N) is 3. The van der Waals surface area contributed by atoms with Gasteiger partial charge < -0.3 is 5.32 Å². The Bertz CT molecular complexity index is 840. The Morgan fingerprint density at radius 3 is 2.63 bits per heavy atom. The van der Waals surface area contributed by atoms with E-state index >= 15 is 0 Å². The Morgan fingerprint density at radius 1 is 1.30 bits per heavy atom. The zero-order valence-electron chi connectivity index (χ0n) is 16.5. The van der Waals surface area contributed by atoms with Gasteiger partial charge in [-0.15, -0.1) is 0 Å². The van der Waals surface area contributed by atoms with Gasteiger partial charge in [0.25, 0.3) is 0 Å². The molecule has 1 unspecified atom stereocenters. The van der Waals surface area contributed by atoms with Crippen molar-refractivity contribution >= 4 is 5.91 Å². The van der Waals surface area contributed by atoms with E-state index in [4.69, 9.17) is 5.26 Å². The molecule has 142 valence electrons. The van der Waals surface area contributed by atoms with Crippen molar-refractivity contribution in [3.05, 3.63) is 52.3 Å². The second kappa shape index (κ2) is 8.39. The number of aryl methyl sites for hydroxylation is 3. The molecule has 1 aliphatic carbocycles. The monoisotopic (exact) mass is 364 g/mol. The van der Waals surface area contributed by atoms with E-state index in [1.165, 1.54) is 24.0 Å². The minimum atomic E-state index is 0.0936. The maximum atomic E-state index is 12.6. The number of nitrogens with one attached hydrogen (secondary N) is 1. The molecule has 5 nitrogen and oxygen atoms in total. The number of aromatic nitrogens is 2. The van der Waals surface area contributed by atoms with Crippen LogP contribution in [0.25, 0.3) is 0 Å². The molecule has 3 rings (SSSR count). The van der Waals surface area contributed by atoms with E-state index in [2.05, 4.69) is 47.7 Å². The molecule has 1 N–H and O–H groups in total. The van der Waals surface area contributed by atoms with Gasteiger partial charge in [-0.3, -0.25) is 9.48 Å². The average molecular weight is 364 g/mol. The van der Waals surface area contributed by atoms with E-state index < -0.39 is 0 Å². The average Bonchev–Trinajstić information content (AvgIpc) is 3.45. The maximum Gasteiger partial charge on any atom is 0.220 e. The highest BCUT2D eigenvalue weighted by Crippen LogP contribution is 2.41. The predicted octanol–water partition coefficient (Wildman–Crippen LogP) is 3.92. The van der Waals surface area contributed by atoms with E-state index in [1.807, 2.05) is 18.5 Å². The first-order valence-electron chi connectivity index (χ1n) is 9.75. The molecule has 2 aromatic rings. The van der Waals surface area contributed by atoms with Gasteiger partial charge in [-0.05, 0) is 57.1 Å². The van der Waals surface area contributed by atoms with E-state index in [-0.39, 0.29) is 11.9 Å². The minimum Gasteiger partial charge on any atom is -0.349 e. The molecule has 0 radical (unpaired) electrons. The Balaban J connectivity index is 1.61. The molecular formula is C22H28N4O. The summed E-state index contributed by atoms with van der Waals surface area (Å²) in [5.74, 6) is 0.657. The highest BCUT2D eigenvalue weighted by Gasteiger charge is 2.33. The molecule has 1 aromatic heterocycles. The van der Waals surface area contributed by atoms with E-state index in [9.17, 15) is 4.79 Å². The van der Waals surface area contributed by atoms with Crippen molar-refractivity contribution in [1.29, 1.82) is 5.26 Å². The van der Waals surface area contributed by atoms with Crippen molar-refractivity contribution in [1.82, 2.24) is 15.1 Å². The van der Waals surface area contributed by atoms with Crippen LogP contribution in [-0.4, -0.2) is 15.7 Å². The molecule has 0 aliphatic heterocycles. The van der Waals surface area contributed by atoms with Crippen LogP contribution >= 0.6 is 0 Å². The SMILES string of the molecule is Cc1ccc(C(NC(=O)CCc2c(C)nn(CCC#N)c2C)C2CC2)cc1. The van der Waals surface area contributed by atoms with E-state index in [1.54, 1.807) is 0 Å². The Kier molecular flexibility index (Phi) is 5.95. The summed E-state index contributed by atoms with van der Waals surface area (Å²) in [5.41, 5.74) is 5.58. The van der Waals surface area contributed by atoms with Crippen LogP contribution in [0.2, 0.25) is 0 Å². The number of hydrogen-bond donors (Lipinski definition) is 1. The smallest absolute Gasteiger partial charge is 0.220 e. The highest BCUT2D eigenvalue weighted by atomic mass is 16.1. The van der Waals surface area contributed by atoms with Crippen molar-refractivity contribution in [2.24, 2.45) is 5.92 Å². The van der Waals surface area contributed by atoms with E-state index in [0.717, 1.165) is 17.0 Å². The largest absolute Gasteiger partial charge is 0.349 e. The minimum absolute atomic E-state index is 0.0936. The summed E-state index contributed by atoms with van der Waals surface area (Å²) in [6.07, 6.45) is 3.95. The molecule has 5 heteroatoms. The lowest BCUT2D eigenvalue weighted by atomic mass is 10.0. The summed E-state index contributed by atoms with van der Waals surface area (Å²) in [7, 11) is 0. The zero-order valence-corrected chi connectivity index (χ0v) is 16.5. The Hall–Kier alpha value is -2.61. The quantitative estimate of drug-likeness (QED) is 0.772. The normalized spacial score (nSPS) is 14.6. The van der Waals surface area contributed by atoms with Gasteiger partial charge in [0.15, 0.2) is 0 Å². The van der Waals surface area contributed by atoms with Crippen LogP contribution < -0.4 is 5.32 Å². The third-order valence-electron chi connectivity index (χ3n) is 5.42. The van der Waals surface area contributed by atoms with Gasteiger partial charge >= 0.3 is 0 Å². The lowest BCUT2D eigenvalue weighted by Gasteiger charge is -2.19. The van der Waals surface area contributed by atoms with Gasteiger partial charge in [-0.1, -0.05) is 29.8 Å². The second-order valence-corrected chi connectivity index (χ2v) is 7.57. The van der Waals surface area contributed by atoms with Crippen LogP contribution in [-0.2, 0) is 17.8 Å². The van der Waals surface area contributed by atoms with Gasteiger partial charge in [0.2, 0.25) is 5.91 Å². The lowest BCUT2D eigenvalue weighted by molar-refractivity contribution is -0.122. The van der Waals surface area contributed by atoms with Crippen LogP contribution in [0.4, 0.5) is 0 Å². The number of carbonyl (C=O) groups is 1. The van der Waals surface area contributed by atoms with Crippen molar-refractivity contribution in [3.8, 4) is 6.07 Å². The third-order valence-corrected chi connectivity index (χ3v) is 5.42. The fourth-order valence-corrected chi connectivity index (χ4v) is 3.63. The molecule has 27 heavy (non-hydrogen) atoms. The number of hydrogen-bond acceptors (Lipinski definition) is 3. The number of nitriles is 1. The molecular weight excluding hydrogens is 336 g/mol. The molecule has 1 atom stereocenters. The third kappa shape index (κ3) is 4.77. The van der Waals surface area contributed by atoms with Crippen LogP contribution in [0.5, 0.6) is 0 Å². The number of rotatable bonds is 8. The van der Waals surface area contributed by atoms with Crippen molar-refractivity contribution in [3.63, 3.8) is 0 Å². The lowest BCUT2D eigenvalue weighted by Crippen LogP contribution is -2.30. The van der Waals surface area contributed by atoms with Crippen LogP contribution in [0.3, 0.4) is 0 Å². The maximum absolute atomic E-state index is 12.6. The summed E-state index contributed by atoms with van der Waals surface area (Å²) in [6.45, 7) is 6.68. The van der Waals surface area contributed by atoms with Gasteiger partial charge in [0, 0.05) is 12.1 Å². The summed E-state index contributed by atoms with van der Waals surface area (Å²) in [6, 6.07) is 10.8. The van der Waals surface area contributed by atoms with Gasteiger partial charge in [-0.25, -0.2) is 0 Å². The number of carbonyl (C=O) groups excluding carboxylic acids is 1. The van der Waals surface area contributed by atoms with Gasteiger partial charge in [-0.2, -0.15) is 10.4 Å². The molecule has 1 heterocycles. The fraction of sp³-hybridized carbons (Fsp3) is 0.500. The zero-order chi connectivity index (χ0) is 19.4. The summed E-state index contributed by atoms with van der Waals surface area (Å²) < 4.78 is 1.88. The van der Waals surface area contributed by atoms with Crippen LogP contribution in [0, 0.1) is 38.0 Å². The van der Waals surface area contributed by atoms with Crippen LogP contribution in [0.15, 0.2) is 24.3 Å². The fourth-order valence-electron chi connectivity index (χ4n) is 3.63. The van der Waals surface area contributed by atoms with Gasteiger partial charge in [0.1, 0.15) is 0 Å². The summed E-state index contributed by atoms with van der Waals surface area (Å²) >= 11 is 0. The first-order valence-corrected chi connectivity index (χ1v) is 9.75. The predicted molar refractivity (Wildman–Crippen MR) is 105 cm³/mol. The number of benzene rings is 1. The second-order valence-electron chi connectivity index (χ2n) is 7.57. The first-order chi connectivity index (χ1) is 13.0. The molecule has 1 aliphatic rings. The molecule has 1 amide bonds. The Morgan fingerprint density at radius 2 is 2.00 bits per heavy atom. The molecule has 1 saturated carbocycles. The molecule has 0 bridgehead atoms. The van der Waals surface area contributed by atoms with Crippen molar-refractivity contribution < 1.29 is 4.79 Å². The first kappa shape index (κ1) is 19.2. The standard InChI is InChI=1S/C22H28N4O/c1-15-5-7-18(8-6-15)22(19-9-10-19)24-21(27)12-11-20-16(2)25-26(17(20)3)14-4-13-23/h5-8,19,22H,4,9-12,14H2,1-3H3,(H,24,27). The van der Waals surface area contributed by atoms with Crippen molar-refractivity contribution in [2.75, 3.05) is 0 Å². The summed E-state index contributed by atoms with van der Waals surface area (Å²) in [4.78, 5) is 12.6.